The van der Waals surface area contributed by atoms with E-state index >= 15 is 0 Å². The molecule has 1 fully saturated rings. The fraction of sp³-hybridized carbons (Fsp3) is 1.00. The average Bonchev–Trinajstić information content (AvgIpc) is 1.89. The van der Waals surface area contributed by atoms with Gasteiger partial charge in [-0.3, -0.25) is 0 Å². The van der Waals surface area contributed by atoms with Gasteiger partial charge in [-0.15, -0.1) is 0 Å². The number of piperidine rings is 1. The lowest BCUT2D eigenvalue weighted by atomic mass is 9.86. The zero-order valence-electron chi connectivity index (χ0n) is 6.48. The molecule has 0 aromatic rings. The van der Waals surface area contributed by atoms with Crippen molar-refractivity contribution in [2.24, 2.45) is 11.8 Å². The van der Waals surface area contributed by atoms with Crippen LogP contribution in [0, 0.1) is 11.8 Å². The Morgan fingerprint density at radius 3 is 2.78 bits per heavy atom. The van der Waals surface area contributed by atoms with Gasteiger partial charge in [0, 0.05) is 0 Å². The zero-order chi connectivity index (χ0) is 6.69. The van der Waals surface area contributed by atoms with Gasteiger partial charge in [0.25, 0.3) is 0 Å². The third-order valence-corrected chi connectivity index (χ3v) is 2.49. The molecule has 2 atom stereocenters. The van der Waals surface area contributed by atoms with Crippen molar-refractivity contribution in [2.45, 2.75) is 26.7 Å². The Balaban J connectivity index is 2.30. The molecule has 1 nitrogen and oxygen atoms in total. The Morgan fingerprint density at radius 2 is 2.33 bits per heavy atom. The lowest BCUT2D eigenvalue weighted by Crippen LogP contribution is -2.34. The minimum Gasteiger partial charge on any atom is -0.316 e. The van der Waals surface area contributed by atoms with Crippen LogP contribution in [0.25, 0.3) is 0 Å². The van der Waals surface area contributed by atoms with E-state index in [0.29, 0.717) is 0 Å². The smallest absolute Gasteiger partial charge is 0.00205 e. The number of nitrogens with one attached hydrogen (secondary N) is 1. The minimum atomic E-state index is 0.906. The van der Waals surface area contributed by atoms with Crippen molar-refractivity contribution >= 4 is 0 Å². The van der Waals surface area contributed by atoms with Gasteiger partial charge < -0.3 is 5.32 Å². The van der Waals surface area contributed by atoms with Crippen molar-refractivity contribution in [1.29, 1.82) is 0 Å². The predicted octanol–water partition coefficient (Wildman–Crippen LogP) is 1.64. The largest absolute Gasteiger partial charge is 0.316 e. The molecule has 1 heteroatoms. The molecule has 1 aliphatic rings. The van der Waals surface area contributed by atoms with E-state index in [4.69, 9.17) is 0 Å². The minimum absolute atomic E-state index is 0.906. The van der Waals surface area contributed by atoms with Crippen LogP contribution in [0.3, 0.4) is 0 Å². The summed E-state index contributed by atoms with van der Waals surface area (Å²) in [6, 6.07) is 0. The maximum Gasteiger partial charge on any atom is -0.00205 e. The summed E-state index contributed by atoms with van der Waals surface area (Å²) in [5, 5.41) is 3.40. The summed E-state index contributed by atoms with van der Waals surface area (Å²) in [4.78, 5) is 0. The highest BCUT2D eigenvalue weighted by atomic mass is 14.9. The Hall–Kier alpha value is -0.0400. The molecule has 1 heterocycles. The van der Waals surface area contributed by atoms with Gasteiger partial charge in [0.05, 0.1) is 0 Å². The van der Waals surface area contributed by atoms with E-state index < -0.39 is 0 Å². The molecule has 1 rings (SSSR count). The first-order chi connectivity index (χ1) is 4.34. The van der Waals surface area contributed by atoms with Crippen LogP contribution >= 0.6 is 0 Å². The SMILES string of the molecule is CC[C@H]1CCNCC1C. The molecular weight excluding hydrogens is 110 g/mol. The molecule has 0 radical (unpaired) electrons. The van der Waals surface area contributed by atoms with Crippen molar-refractivity contribution < 1.29 is 0 Å². The summed E-state index contributed by atoms with van der Waals surface area (Å²) in [6.45, 7) is 7.12. The predicted molar refractivity (Wildman–Crippen MR) is 40.4 cm³/mol. The van der Waals surface area contributed by atoms with E-state index in [1.54, 1.807) is 0 Å². The van der Waals surface area contributed by atoms with Gasteiger partial charge >= 0.3 is 0 Å². The summed E-state index contributed by atoms with van der Waals surface area (Å²) in [5.74, 6) is 1.90. The molecule has 1 saturated heterocycles. The number of hydrogen-bond donors (Lipinski definition) is 1. The molecule has 9 heavy (non-hydrogen) atoms. The summed E-state index contributed by atoms with van der Waals surface area (Å²) in [7, 11) is 0. The first-order valence-corrected chi connectivity index (χ1v) is 4.05. The van der Waals surface area contributed by atoms with E-state index in [9.17, 15) is 0 Å². The van der Waals surface area contributed by atoms with Crippen LogP contribution in [-0.4, -0.2) is 13.1 Å². The van der Waals surface area contributed by atoms with Gasteiger partial charge in [-0.25, -0.2) is 0 Å². The molecule has 1 aliphatic heterocycles. The Bertz CT molecular complexity index is 80.6. The van der Waals surface area contributed by atoms with Crippen molar-refractivity contribution in [1.82, 2.24) is 5.32 Å². The fourth-order valence-electron chi connectivity index (χ4n) is 1.67. The molecule has 1 unspecified atom stereocenters. The highest BCUT2D eigenvalue weighted by Gasteiger charge is 2.18. The Morgan fingerprint density at radius 1 is 1.56 bits per heavy atom. The van der Waals surface area contributed by atoms with Gasteiger partial charge in [-0.1, -0.05) is 20.3 Å². The summed E-state index contributed by atoms with van der Waals surface area (Å²) >= 11 is 0. The van der Waals surface area contributed by atoms with Gasteiger partial charge in [-0.2, -0.15) is 0 Å². The third-order valence-electron chi connectivity index (χ3n) is 2.49. The lowest BCUT2D eigenvalue weighted by Gasteiger charge is -2.28. The quantitative estimate of drug-likeness (QED) is 0.564. The maximum absolute atomic E-state index is 3.40. The molecule has 0 aromatic carbocycles. The maximum atomic E-state index is 3.40. The van der Waals surface area contributed by atoms with Crippen LogP contribution < -0.4 is 5.32 Å². The second-order valence-electron chi connectivity index (χ2n) is 3.14. The first-order valence-electron chi connectivity index (χ1n) is 4.05. The van der Waals surface area contributed by atoms with Crippen molar-refractivity contribution in [2.75, 3.05) is 13.1 Å². The van der Waals surface area contributed by atoms with Crippen molar-refractivity contribution in [3.8, 4) is 0 Å². The van der Waals surface area contributed by atoms with Crippen LogP contribution in [0.2, 0.25) is 0 Å². The molecule has 0 bridgehead atoms. The first kappa shape index (κ1) is 7.07. The zero-order valence-corrected chi connectivity index (χ0v) is 6.48. The summed E-state index contributed by atoms with van der Waals surface area (Å²) in [6.07, 6.45) is 2.75. The van der Waals surface area contributed by atoms with E-state index in [0.717, 1.165) is 11.8 Å². The molecule has 0 saturated carbocycles. The third kappa shape index (κ3) is 1.68. The molecule has 0 spiro atoms. The molecule has 0 aliphatic carbocycles. The van der Waals surface area contributed by atoms with E-state index in [-0.39, 0.29) is 0 Å². The molecule has 1 N–H and O–H groups in total. The molecular formula is C8H17N. The highest BCUT2D eigenvalue weighted by molar-refractivity contribution is 4.73. The van der Waals surface area contributed by atoms with Crippen LogP contribution in [0.15, 0.2) is 0 Å². The normalized spacial score (nSPS) is 36.7. The van der Waals surface area contributed by atoms with Crippen molar-refractivity contribution in [3.05, 3.63) is 0 Å². The highest BCUT2D eigenvalue weighted by Crippen LogP contribution is 2.20. The second kappa shape index (κ2) is 3.21. The van der Waals surface area contributed by atoms with Crippen LogP contribution in [0.4, 0.5) is 0 Å². The molecule has 0 aromatic heterocycles. The van der Waals surface area contributed by atoms with E-state index in [1.165, 1.54) is 25.9 Å². The Kier molecular flexibility index (Phi) is 2.52. The lowest BCUT2D eigenvalue weighted by molar-refractivity contribution is 0.266. The van der Waals surface area contributed by atoms with Crippen LogP contribution in [0.5, 0.6) is 0 Å². The topological polar surface area (TPSA) is 12.0 Å². The standard InChI is InChI=1S/C8H17N/c1-3-8-4-5-9-6-7(8)2/h7-9H,3-6H2,1-2H3/t7?,8-/m0/s1. The summed E-state index contributed by atoms with van der Waals surface area (Å²) in [5.41, 5.74) is 0. The number of rotatable bonds is 1. The monoisotopic (exact) mass is 127 g/mol. The van der Waals surface area contributed by atoms with Gasteiger partial charge in [0.1, 0.15) is 0 Å². The van der Waals surface area contributed by atoms with Crippen molar-refractivity contribution in [3.63, 3.8) is 0 Å². The second-order valence-corrected chi connectivity index (χ2v) is 3.14. The van der Waals surface area contributed by atoms with Gasteiger partial charge in [-0.05, 0) is 31.3 Å². The van der Waals surface area contributed by atoms with E-state index in [1.807, 2.05) is 0 Å². The van der Waals surface area contributed by atoms with E-state index in [2.05, 4.69) is 19.2 Å². The number of hydrogen-bond acceptors (Lipinski definition) is 1. The average molecular weight is 127 g/mol. The van der Waals surface area contributed by atoms with Crippen LogP contribution in [-0.2, 0) is 0 Å². The van der Waals surface area contributed by atoms with Crippen LogP contribution in [0.1, 0.15) is 26.7 Å². The molecule has 54 valence electrons. The summed E-state index contributed by atoms with van der Waals surface area (Å²) < 4.78 is 0. The fourth-order valence-corrected chi connectivity index (χ4v) is 1.67. The van der Waals surface area contributed by atoms with Gasteiger partial charge in [0.15, 0.2) is 0 Å². The Labute approximate surface area is 57.8 Å². The molecule has 0 amide bonds. The van der Waals surface area contributed by atoms with Gasteiger partial charge in [0.2, 0.25) is 0 Å².